The van der Waals surface area contributed by atoms with Crippen molar-refractivity contribution in [1.29, 1.82) is 0 Å². The SMILES string of the molecule is C=CCC(C)(C)C(=O)OCn1cc2cc(CC(NC(=O)N3CCC(c4cc5ccccc5n(COC(=O)C(C)(C)CC=C)c4=O)CC3)C(=O)N3CCN(C4CCN(C)CC4)CC3)cc(C)c2n1. The fourth-order valence-electron chi connectivity index (χ4n) is 9.88. The van der Waals surface area contributed by atoms with Crippen molar-refractivity contribution in [2.45, 2.75) is 111 Å². The minimum Gasteiger partial charge on any atom is -0.443 e. The molecule has 0 aliphatic carbocycles. The highest BCUT2D eigenvalue weighted by atomic mass is 16.5. The lowest BCUT2D eigenvalue weighted by Crippen LogP contribution is -2.59. The highest BCUT2D eigenvalue weighted by molar-refractivity contribution is 5.88. The number of urea groups is 1. The van der Waals surface area contributed by atoms with E-state index in [1.54, 1.807) is 35.6 Å². The molecule has 3 saturated heterocycles. The second kappa shape index (κ2) is 21.0. The van der Waals surface area contributed by atoms with E-state index in [1.165, 1.54) is 4.57 Å². The molecule has 0 saturated carbocycles. The molecule has 3 aliphatic rings. The number of carbonyl (C=O) groups is 4. The van der Waals surface area contributed by atoms with Gasteiger partial charge in [0.2, 0.25) is 5.91 Å². The van der Waals surface area contributed by atoms with Crippen LogP contribution < -0.4 is 10.9 Å². The first-order valence-corrected chi connectivity index (χ1v) is 23.9. The number of nitrogens with zero attached hydrogens (tertiary/aromatic N) is 7. The predicted molar refractivity (Wildman–Crippen MR) is 260 cm³/mol. The van der Waals surface area contributed by atoms with Gasteiger partial charge in [-0.05, 0) is 134 Å². The highest BCUT2D eigenvalue weighted by Gasteiger charge is 2.35. The van der Waals surface area contributed by atoms with Crippen molar-refractivity contribution in [1.82, 2.24) is 39.3 Å². The molecular weight excluding hydrogens is 849 g/mol. The van der Waals surface area contributed by atoms with Crippen molar-refractivity contribution in [3.05, 3.63) is 101 Å². The van der Waals surface area contributed by atoms with E-state index in [2.05, 4.69) is 35.3 Å². The molecule has 15 heteroatoms. The van der Waals surface area contributed by atoms with Gasteiger partial charge in [0.25, 0.3) is 5.56 Å². The van der Waals surface area contributed by atoms with Crippen molar-refractivity contribution < 1.29 is 28.7 Å². The number of fused-ring (bicyclic) bond motifs is 2. The lowest BCUT2D eigenvalue weighted by molar-refractivity contribution is -0.158. The van der Waals surface area contributed by atoms with Crippen molar-refractivity contribution in [3.8, 4) is 0 Å². The number of rotatable bonds is 16. The third kappa shape index (κ3) is 11.5. The van der Waals surface area contributed by atoms with Crippen LogP contribution in [0.5, 0.6) is 0 Å². The number of pyridine rings is 1. The molecule has 67 heavy (non-hydrogen) atoms. The molecule has 0 spiro atoms. The molecule has 2 aromatic heterocycles. The number of likely N-dealkylation sites (tertiary alicyclic amines) is 2. The lowest BCUT2D eigenvalue weighted by atomic mass is 9.89. The van der Waals surface area contributed by atoms with Crippen LogP contribution in [0.4, 0.5) is 4.79 Å². The van der Waals surface area contributed by atoms with Crippen molar-refractivity contribution in [2.24, 2.45) is 10.8 Å². The molecule has 1 N–H and O–H groups in total. The van der Waals surface area contributed by atoms with Crippen LogP contribution in [0.25, 0.3) is 21.8 Å². The summed E-state index contributed by atoms with van der Waals surface area (Å²) in [5.74, 6) is -0.991. The Hall–Kier alpha value is -5.80. The number of para-hydroxylation sites is 1. The molecule has 7 rings (SSSR count). The Bertz CT molecular complexity index is 2520. The summed E-state index contributed by atoms with van der Waals surface area (Å²) in [6.45, 7) is 22.1. The third-order valence-corrected chi connectivity index (χ3v) is 14.1. The van der Waals surface area contributed by atoms with Gasteiger partial charge in [-0.25, -0.2) is 9.48 Å². The standard InChI is InChI=1S/C52H70N8O7/c1-9-19-51(4,5)48(63)66-34-59-33-40-30-37(29-36(3)45(40)54-59)31-43(47(62)57-27-25-56(26-28-57)41-17-21-55(8)22-18-41)53-50(65)58-23-15-38(16-24-58)42-32-39-13-11-12-14-44(39)60(46(42)61)35-67-49(64)52(6,7)20-10-2/h9-14,29-30,32-33,38,41,43H,1-2,15-28,31,34-35H2,3-8H3,(H,53,65). The van der Waals surface area contributed by atoms with Crippen LogP contribution in [0, 0.1) is 17.8 Å². The normalized spacial score (nSPS) is 17.6. The van der Waals surface area contributed by atoms with Crippen molar-refractivity contribution >= 4 is 45.7 Å². The number of nitrogens with one attached hydrogen (secondary N) is 1. The van der Waals surface area contributed by atoms with E-state index in [1.807, 2.05) is 74.3 Å². The number of hydrogen-bond donors (Lipinski definition) is 1. The number of benzene rings is 2. The molecule has 5 heterocycles. The van der Waals surface area contributed by atoms with E-state index < -0.39 is 22.8 Å². The molecule has 3 amide bonds. The predicted octanol–water partition coefficient (Wildman–Crippen LogP) is 6.60. The number of piperidine rings is 2. The topological polar surface area (TPSA) is 152 Å². The summed E-state index contributed by atoms with van der Waals surface area (Å²) in [5, 5.41) is 9.56. The first kappa shape index (κ1) is 49.1. The van der Waals surface area contributed by atoms with Gasteiger partial charge >= 0.3 is 18.0 Å². The molecule has 1 unspecified atom stereocenters. The Morgan fingerprint density at radius 3 is 2.07 bits per heavy atom. The summed E-state index contributed by atoms with van der Waals surface area (Å²) in [7, 11) is 2.16. The van der Waals surface area contributed by atoms with Crippen LogP contribution >= 0.6 is 0 Å². The second-order valence-corrected chi connectivity index (χ2v) is 20.1. The van der Waals surface area contributed by atoms with E-state index >= 15 is 0 Å². The summed E-state index contributed by atoms with van der Waals surface area (Å²) in [6, 6.07) is 12.9. The van der Waals surface area contributed by atoms with Gasteiger partial charge < -0.3 is 29.5 Å². The number of amides is 3. The van der Waals surface area contributed by atoms with Crippen LogP contribution in [-0.4, -0.2) is 129 Å². The highest BCUT2D eigenvalue weighted by Crippen LogP contribution is 2.30. The molecule has 1 atom stereocenters. The van der Waals surface area contributed by atoms with Gasteiger partial charge in [-0.15, -0.1) is 13.2 Å². The van der Waals surface area contributed by atoms with E-state index in [0.29, 0.717) is 69.0 Å². The van der Waals surface area contributed by atoms with Crippen molar-refractivity contribution in [2.75, 3.05) is 59.4 Å². The first-order valence-electron chi connectivity index (χ1n) is 23.9. The molecule has 2 aromatic carbocycles. The molecular formula is C52H70N8O7. The number of allylic oxidation sites excluding steroid dienone is 2. The summed E-state index contributed by atoms with van der Waals surface area (Å²) in [5.41, 5.74) is 2.13. The second-order valence-electron chi connectivity index (χ2n) is 20.1. The van der Waals surface area contributed by atoms with Gasteiger partial charge in [0.1, 0.15) is 6.04 Å². The average molecular weight is 919 g/mol. The average Bonchev–Trinajstić information content (AvgIpc) is 3.73. The summed E-state index contributed by atoms with van der Waals surface area (Å²) in [6.07, 6.45) is 9.76. The van der Waals surface area contributed by atoms with Gasteiger partial charge in [-0.1, -0.05) is 36.4 Å². The number of ether oxygens (including phenoxy) is 2. The Morgan fingerprint density at radius 1 is 0.806 bits per heavy atom. The maximum atomic E-state index is 14.6. The van der Waals surface area contributed by atoms with Crippen LogP contribution in [0.15, 0.2) is 78.8 Å². The van der Waals surface area contributed by atoms with Crippen molar-refractivity contribution in [3.63, 3.8) is 0 Å². The monoisotopic (exact) mass is 919 g/mol. The quantitative estimate of drug-likeness (QED) is 0.0962. The van der Waals surface area contributed by atoms with E-state index in [-0.39, 0.29) is 49.3 Å². The number of piperazine rings is 1. The van der Waals surface area contributed by atoms with E-state index in [9.17, 15) is 24.0 Å². The molecule has 360 valence electrons. The largest absolute Gasteiger partial charge is 0.443 e. The number of esters is 2. The zero-order valence-corrected chi connectivity index (χ0v) is 40.4. The van der Waals surface area contributed by atoms with Crippen LogP contribution in [0.3, 0.4) is 0 Å². The number of carbonyl (C=O) groups excluding carboxylic acids is 4. The third-order valence-electron chi connectivity index (χ3n) is 14.1. The van der Waals surface area contributed by atoms with E-state index in [0.717, 1.165) is 66.4 Å². The molecule has 15 nitrogen and oxygen atoms in total. The van der Waals surface area contributed by atoms with Gasteiger partial charge in [-0.3, -0.25) is 28.6 Å². The zero-order chi connectivity index (χ0) is 48.0. The zero-order valence-electron chi connectivity index (χ0n) is 40.4. The Kier molecular flexibility index (Phi) is 15.4. The van der Waals surface area contributed by atoms with Gasteiger partial charge in [0.15, 0.2) is 13.5 Å². The van der Waals surface area contributed by atoms with Crippen LogP contribution in [-0.2, 0) is 43.7 Å². The first-order chi connectivity index (χ1) is 32.0. The lowest BCUT2D eigenvalue weighted by Gasteiger charge is -2.43. The fourth-order valence-corrected chi connectivity index (χ4v) is 9.88. The fraction of sp³-hybridized carbons (Fsp3) is 0.538. The Labute approximate surface area is 394 Å². The number of hydrogen-bond acceptors (Lipinski definition) is 10. The summed E-state index contributed by atoms with van der Waals surface area (Å²) >= 11 is 0. The van der Waals surface area contributed by atoms with E-state index in [4.69, 9.17) is 14.6 Å². The molecule has 4 aromatic rings. The Balaban J connectivity index is 1.06. The minimum absolute atomic E-state index is 0.0401. The van der Waals surface area contributed by atoms with Crippen LogP contribution in [0.2, 0.25) is 0 Å². The molecule has 3 fully saturated rings. The smallest absolute Gasteiger partial charge is 0.318 e. The van der Waals surface area contributed by atoms with Crippen LogP contribution in [0.1, 0.15) is 88.8 Å². The molecule has 0 radical (unpaired) electrons. The molecule has 3 aliphatic heterocycles. The maximum absolute atomic E-state index is 14.6. The minimum atomic E-state index is -0.827. The van der Waals surface area contributed by atoms with Gasteiger partial charge in [0.05, 0.1) is 21.9 Å². The molecule has 0 bridgehead atoms. The van der Waals surface area contributed by atoms with Gasteiger partial charge in [-0.2, -0.15) is 5.10 Å². The summed E-state index contributed by atoms with van der Waals surface area (Å²) in [4.78, 5) is 77.4. The van der Waals surface area contributed by atoms with Gasteiger partial charge in [0, 0.05) is 68.9 Å². The maximum Gasteiger partial charge on any atom is 0.318 e. The number of aromatic nitrogens is 3. The number of aryl methyl sites for hydroxylation is 1. The summed E-state index contributed by atoms with van der Waals surface area (Å²) < 4.78 is 14.5. The Morgan fingerprint density at radius 2 is 1.43 bits per heavy atom.